The van der Waals surface area contributed by atoms with Gasteiger partial charge in [0.05, 0.1) is 12.1 Å². The van der Waals surface area contributed by atoms with Gasteiger partial charge in [0, 0.05) is 0 Å². The predicted molar refractivity (Wildman–Crippen MR) is 81.5 cm³/mol. The summed E-state index contributed by atoms with van der Waals surface area (Å²) in [6.07, 6.45) is 0.715. The molecule has 0 saturated heterocycles. The summed E-state index contributed by atoms with van der Waals surface area (Å²) in [5.41, 5.74) is 4.59. The quantitative estimate of drug-likeness (QED) is 0.667. The van der Waals surface area contributed by atoms with Crippen LogP contribution in [0.25, 0.3) is 0 Å². The standard InChI is InChI=1S/C17H16F2N2O/c1-2-16(13-5-9-15(19)10-6-13)20-21-17(22)11-12-3-7-14(18)8-4-12/h3-10H,2,11H2,1H3,(H,21,22)/b20-16-. The zero-order chi connectivity index (χ0) is 15.9. The molecule has 2 aromatic rings. The molecule has 0 aromatic heterocycles. The van der Waals surface area contributed by atoms with E-state index in [1.807, 2.05) is 6.92 Å². The Kier molecular flexibility index (Phi) is 5.36. The average molecular weight is 302 g/mol. The third-order valence-electron chi connectivity index (χ3n) is 3.11. The van der Waals surface area contributed by atoms with Crippen LogP contribution >= 0.6 is 0 Å². The number of carbonyl (C=O) groups is 1. The van der Waals surface area contributed by atoms with Gasteiger partial charge in [0.1, 0.15) is 11.6 Å². The van der Waals surface area contributed by atoms with Crippen LogP contribution in [0.4, 0.5) is 8.78 Å². The minimum absolute atomic E-state index is 0.115. The number of nitrogens with one attached hydrogen (secondary N) is 1. The first-order valence-corrected chi connectivity index (χ1v) is 6.94. The van der Waals surface area contributed by atoms with E-state index >= 15 is 0 Å². The van der Waals surface area contributed by atoms with Gasteiger partial charge < -0.3 is 0 Å². The molecule has 0 spiro atoms. The van der Waals surface area contributed by atoms with E-state index in [1.54, 1.807) is 24.3 Å². The Bertz CT molecular complexity index is 664. The second-order valence-corrected chi connectivity index (χ2v) is 4.76. The summed E-state index contributed by atoms with van der Waals surface area (Å²) in [5.74, 6) is -0.953. The van der Waals surface area contributed by atoms with Gasteiger partial charge in [0.15, 0.2) is 0 Å². The van der Waals surface area contributed by atoms with E-state index in [4.69, 9.17) is 0 Å². The molecule has 1 N–H and O–H groups in total. The maximum atomic E-state index is 12.9. The number of amides is 1. The molecular formula is C17H16F2N2O. The normalized spacial score (nSPS) is 11.3. The Morgan fingerprint density at radius 3 is 2.09 bits per heavy atom. The van der Waals surface area contributed by atoms with Gasteiger partial charge in [-0.25, -0.2) is 14.2 Å². The van der Waals surface area contributed by atoms with Crippen molar-refractivity contribution >= 4 is 11.6 Å². The molecule has 0 unspecified atom stereocenters. The van der Waals surface area contributed by atoms with Crippen LogP contribution in [0, 0.1) is 11.6 Å². The van der Waals surface area contributed by atoms with Gasteiger partial charge in [-0.1, -0.05) is 31.2 Å². The number of halogens is 2. The molecule has 5 heteroatoms. The Balaban J connectivity index is 2.00. The molecule has 0 atom stereocenters. The molecule has 3 nitrogen and oxygen atoms in total. The van der Waals surface area contributed by atoms with Gasteiger partial charge in [0.2, 0.25) is 5.91 Å². The van der Waals surface area contributed by atoms with Crippen molar-refractivity contribution in [2.75, 3.05) is 0 Å². The third kappa shape index (κ3) is 4.48. The second kappa shape index (κ2) is 7.45. The minimum atomic E-state index is -0.341. The summed E-state index contributed by atoms with van der Waals surface area (Å²) in [6, 6.07) is 11.7. The molecule has 0 bridgehead atoms. The molecular weight excluding hydrogens is 286 g/mol. The Morgan fingerprint density at radius 1 is 1.00 bits per heavy atom. The van der Waals surface area contributed by atoms with Gasteiger partial charge in [0.25, 0.3) is 0 Å². The first kappa shape index (κ1) is 15.8. The predicted octanol–water partition coefficient (Wildman–Crippen LogP) is 3.44. The molecule has 0 fully saturated rings. The molecule has 0 aliphatic carbocycles. The molecule has 0 radical (unpaired) electrons. The lowest BCUT2D eigenvalue weighted by molar-refractivity contribution is -0.120. The van der Waals surface area contributed by atoms with Gasteiger partial charge in [-0.3, -0.25) is 4.79 Å². The fraction of sp³-hybridized carbons (Fsp3) is 0.176. The van der Waals surface area contributed by atoms with Crippen LogP contribution in [0.15, 0.2) is 53.6 Å². The summed E-state index contributed by atoms with van der Waals surface area (Å²) in [6.45, 7) is 1.90. The van der Waals surface area contributed by atoms with Crippen molar-refractivity contribution in [2.24, 2.45) is 5.10 Å². The number of carbonyl (C=O) groups excluding carboxylic acids is 1. The smallest absolute Gasteiger partial charge is 0.244 e. The first-order chi connectivity index (χ1) is 10.6. The molecule has 2 aromatic carbocycles. The fourth-order valence-corrected chi connectivity index (χ4v) is 1.95. The molecule has 2 rings (SSSR count). The third-order valence-corrected chi connectivity index (χ3v) is 3.11. The Morgan fingerprint density at radius 2 is 1.55 bits per heavy atom. The van der Waals surface area contributed by atoms with Crippen molar-refractivity contribution in [1.29, 1.82) is 0 Å². The summed E-state index contributed by atoms with van der Waals surface area (Å²) >= 11 is 0. The van der Waals surface area contributed by atoms with E-state index in [0.29, 0.717) is 17.7 Å². The summed E-state index contributed by atoms with van der Waals surface area (Å²) in [7, 11) is 0. The van der Waals surface area contributed by atoms with E-state index in [0.717, 1.165) is 5.56 Å². The second-order valence-electron chi connectivity index (χ2n) is 4.76. The molecule has 22 heavy (non-hydrogen) atoms. The number of hydrogen-bond acceptors (Lipinski definition) is 2. The first-order valence-electron chi connectivity index (χ1n) is 6.94. The number of hydrazone groups is 1. The van der Waals surface area contributed by atoms with Crippen LogP contribution in [0.2, 0.25) is 0 Å². The van der Waals surface area contributed by atoms with E-state index in [1.165, 1.54) is 24.3 Å². The topological polar surface area (TPSA) is 41.5 Å². The van der Waals surface area contributed by atoms with Crippen LogP contribution in [0.1, 0.15) is 24.5 Å². The van der Waals surface area contributed by atoms with Crippen molar-refractivity contribution in [3.63, 3.8) is 0 Å². The maximum absolute atomic E-state index is 12.9. The largest absolute Gasteiger partial charge is 0.273 e. The van der Waals surface area contributed by atoms with Crippen LogP contribution in [-0.4, -0.2) is 11.6 Å². The number of benzene rings is 2. The van der Waals surface area contributed by atoms with E-state index < -0.39 is 0 Å². The molecule has 0 saturated carbocycles. The molecule has 0 heterocycles. The number of rotatable bonds is 5. The van der Waals surface area contributed by atoms with Gasteiger partial charge in [-0.05, 0) is 41.8 Å². The SMILES string of the molecule is CC/C(=N/NC(=O)Cc1ccc(F)cc1)c1ccc(F)cc1. The maximum Gasteiger partial charge on any atom is 0.244 e. The summed E-state index contributed by atoms with van der Waals surface area (Å²) < 4.78 is 25.7. The molecule has 114 valence electrons. The number of hydrogen-bond donors (Lipinski definition) is 1. The van der Waals surface area contributed by atoms with Crippen molar-refractivity contribution in [2.45, 2.75) is 19.8 Å². The van der Waals surface area contributed by atoms with Crippen LogP contribution in [-0.2, 0) is 11.2 Å². The van der Waals surface area contributed by atoms with Crippen molar-refractivity contribution in [3.05, 3.63) is 71.3 Å². The monoisotopic (exact) mass is 302 g/mol. The van der Waals surface area contributed by atoms with Crippen molar-refractivity contribution in [1.82, 2.24) is 5.43 Å². The van der Waals surface area contributed by atoms with Gasteiger partial charge in [-0.2, -0.15) is 5.10 Å². The average Bonchev–Trinajstić information content (AvgIpc) is 2.52. The van der Waals surface area contributed by atoms with Crippen LogP contribution in [0.5, 0.6) is 0 Å². The summed E-state index contributed by atoms with van der Waals surface area (Å²) in [5, 5.41) is 4.08. The minimum Gasteiger partial charge on any atom is -0.273 e. The van der Waals surface area contributed by atoms with Crippen molar-refractivity contribution < 1.29 is 13.6 Å². The van der Waals surface area contributed by atoms with E-state index in [9.17, 15) is 13.6 Å². The highest BCUT2D eigenvalue weighted by atomic mass is 19.1. The lowest BCUT2D eigenvalue weighted by Gasteiger charge is -2.05. The number of nitrogens with zero attached hydrogens (tertiary/aromatic N) is 1. The zero-order valence-corrected chi connectivity index (χ0v) is 12.1. The Hall–Kier alpha value is -2.56. The van der Waals surface area contributed by atoms with Gasteiger partial charge >= 0.3 is 0 Å². The zero-order valence-electron chi connectivity index (χ0n) is 12.1. The highest BCUT2D eigenvalue weighted by Gasteiger charge is 2.05. The van der Waals surface area contributed by atoms with E-state index in [-0.39, 0.29) is 24.0 Å². The molecule has 0 aliphatic rings. The fourth-order valence-electron chi connectivity index (χ4n) is 1.95. The lowest BCUT2D eigenvalue weighted by atomic mass is 10.1. The van der Waals surface area contributed by atoms with Crippen LogP contribution < -0.4 is 5.43 Å². The molecule has 1 amide bonds. The van der Waals surface area contributed by atoms with Gasteiger partial charge in [-0.15, -0.1) is 0 Å². The molecule has 0 aliphatic heterocycles. The van der Waals surface area contributed by atoms with E-state index in [2.05, 4.69) is 10.5 Å². The lowest BCUT2D eigenvalue weighted by Crippen LogP contribution is -2.21. The van der Waals surface area contributed by atoms with Crippen LogP contribution in [0.3, 0.4) is 0 Å². The summed E-state index contributed by atoms with van der Waals surface area (Å²) in [4.78, 5) is 11.8. The van der Waals surface area contributed by atoms with Crippen molar-refractivity contribution in [3.8, 4) is 0 Å². The Labute approximate surface area is 127 Å². The highest BCUT2D eigenvalue weighted by Crippen LogP contribution is 2.07. The highest BCUT2D eigenvalue weighted by molar-refractivity contribution is 6.00.